The van der Waals surface area contributed by atoms with Gasteiger partial charge in [-0.15, -0.1) is 4.98 Å². The number of rotatable bonds is 4. The number of ether oxygens (including phenoxy) is 2. The standard InChI is InChI=1S/C11H12N4O2/c1-12-9-13-10(16-2)15-11(14-9)17-8-6-4-3-5-7-8/h3-7H,1-2H3,(H,12,13,14,15). The fourth-order valence-corrected chi connectivity index (χ4v) is 1.18. The monoisotopic (exact) mass is 232 g/mol. The van der Waals surface area contributed by atoms with Crippen molar-refractivity contribution in [3.8, 4) is 17.8 Å². The second kappa shape index (κ2) is 5.11. The van der Waals surface area contributed by atoms with Crippen LogP contribution in [0.4, 0.5) is 5.95 Å². The Bertz CT molecular complexity index is 468. The van der Waals surface area contributed by atoms with Gasteiger partial charge in [-0.25, -0.2) is 0 Å². The zero-order chi connectivity index (χ0) is 12.1. The number of para-hydroxylation sites is 1. The van der Waals surface area contributed by atoms with E-state index in [-0.39, 0.29) is 12.0 Å². The van der Waals surface area contributed by atoms with Crippen LogP contribution in [0.5, 0.6) is 17.8 Å². The first-order valence-corrected chi connectivity index (χ1v) is 5.02. The zero-order valence-corrected chi connectivity index (χ0v) is 9.54. The van der Waals surface area contributed by atoms with Crippen molar-refractivity contribution < 1.29 is 9.47 Å². The molecule has 0 aliphatic rings. The van der Waals surface area contributed by atoms with Gasteiger partial charge in [0.2, 0.25) is 5.95 Å². The van der Waals surface area contributed by atoms with Gasteiger partial charge in [-0.1, -0.05) is 18.2 Å². The van der Waals surface area contributed by atoms with Crippen LogP contribution in [-0.4, -0.2) is 29.1 Å². The molecule has 2 rings (SSSR count). The van der Waals surface area contributed by atoms with E-state index in [9.17, 15) is 0 Å². The Balaban J connectivity index is 2.26. The summed E-state index contributed by atoms with van der Waals surface area (Å²) < 4.78 is 10.4. The number of benzene rings is 1. The van der Waals surface area contributed by atoms with Gasteiger partial charge >= 0.3 is 12.0 Å². The van der Waals surface area contributed by atoms with Crippen LogP contribution in [0.25, 0.3) is 0 Å². The molecular weight excluding hydrogens is 220 g/mol. The molecule has 6 heteroatoms. The summed E-state index contributed by atoms with van der Waals surface area (Å²) in [5.74, 6) is 1.05. The largest absolute Gasteiger partial charge is 0.467 e. The summed E-state index contributed by atoms with van der Waals surface area (Å²) in [4.78, 5) is 12.0. The number of anilines is 1. The minimum absolute atomic E-state index is 0.187. The normalized spacial score (nSPS) is 9.76. The third-order valence-electron chi connectivity index (χ3n) is 1.95. The third kappa shape index (κ3) is 2.81. The van der Waals surface area contributed by atoms with E-state index < -0.39 is 0 Å². The molecule has 0 aliphatic heterocycles. The van der Waals surface area contributed by atoms with Crippen LogP contribution in [0.3, 0.4) is 0 Å². The summed E-state index contributed by atoms with van der Waals surface area (Å²) >= 11 is 0. The summed E-state index contributed by atoms with van der Waals surface area (Å²) in [6, 6.07) is 9.66. The van der Waals surface area contributed by atoms with Crippen LogP contribution in [-0.2, 0) is 0 Å². The van der Waals surface area contributed by atoms with Crippen molar-refractivity contribution in [1.29, 1.82) is 0 Å². The molecule has 0 radical (unpaired) electrons. The van der Waals surface area contributed by atoms with Crippen LogP contribution >= 0.6 is 0 Å². The van der Waals surface area contributed by atoms with E-state index in [1.54, 1.807) is 7.05 Å². The maximum Gasteiger partial charge on any atom is 0.330 e. The number of nitrogens with zero attached hydrogens (tertiary/aromatic N) is 3. The Hall–Kier alpha value is -2.37. The minimum atomic E-state index is 0.187. The van der Waals surface area contributed by atoms with Crippen molar-refractivity contribution in [3.63, 3.8) is 0 Å². The van der Waals surface area contributed by atoms with Crippen molar-refractivity contribution >= 4 is 5.95 Å². The average Bonchev–Trinajstić information content (AvgIpc) is 2.39. The first kappa shape index (κ1) is 11.1. The molecule has 0 atom stereocenters. The molecule has 0 saturated carbocycles. The van der Waals surface area contributed by atoms with Crippen molar-refractivity contribution in [2.75, 3.05) is 19.5 Å². The average molecular weight is 232 g/mol. The highest BCUT2D eigenvalue weighted by Crippen LogP contribution is 2.19. The van der Waals surface area contributed by atoms with Crippen LogP contribution < -0.4 is 14.8 Å². The smallest absolute Gasteiger partial charge is 0.330 e. The number of nitrogens with one attached hydrogen (secondary N) is 1. The van der Waals surface area contributed by atoms with E-state index >= 15 is 0 Å². The summed E-state index contributed by atoms with van der Waals surface area (Å²) in [5, 5.41) is 2.81. The topological polar surface area (TPSA) is 69.2 Å². The molecule has 1 heterocycles. The molecular formula is C11H12N4O2. The van der Waals surface area contributed by atoms with Crippen LogP contribution in [0, 0.1) is 0 Å². The summed E-state index contributed by atoms with van der Waals surface area (Å²) in [5.41, 5.74) is 0. The maximum atomic E-state index is 5.48. The number of aromatic nitrogens is 3. The predicted molar refractivity (Wildman–Crippen MR) is 62.4 cm³/mol. The van der Waals surface area contributed by atoms with Crippen LogP contribution in [0.15, 0.2) is 30.3 Å². The number of hydrogen-bond acceptors (Lipinski definition) is 6. The Morgan fingerprint density at radius 3 is 2.35 bits per heavy atom. The van der Waals surface area contributed by atoms with E-state index in [0.717, 1.165) is 0 Å². The van der Waals surface area contributed by atoms with Gasteiger partial charge in [0.15, 0.2) is 0 Å². The molecule has 6 nitrogen and oxygen atoms in total. The Morgan fingerprint density at radius 1 is 1.00 bits per heavy atom. The van der Waals surface area contributed by atoms with E-state index in [0.29, 0.717) is 11.7 Å². The van der Waals surface area contributed by atoms with Crippen molar-refractivity contribution in [1.82, 2.24) is 15.0 Å². The van der Waals surface area contributed by atoms with Crippen LogP contribution in [0.1, 0.15) is 0 Å². The molecule has 1 N–H and O–H groups in total. The fraction of sp³-hybridized carbons (Fsp3) is 0.182. The van der Waals surface area contributed by atoms with Crippen molar-refractivity contribution in [2.45, 2.75) is 0 Å². The van der Waals surface area contributed by atoms with E-state index in [1.165, 1.54) is 7.11 Å². The lowest BCUT2D eigenvalue weighted by Gasteiger charge is -2.06. The number of methoxy groups -OCH3 is 1. The lowest BCUT2D eigenvalue weighted by Crippen LogP contribution is -2.03. The van der Waals surface area contributed by atoms with Crippen molar-refractivity contribution in [3.05, 3.63) is 30.3 Å². The molecule has 0 unspecified atom stereocenters. The first-order chi connectivity index (χ1) is 8.31. The quantitative estimate of drug-likeness (QED) is 0.865. The minimum Gasteiger partial charge on any atom is -0.467 e. The highest BCUT2D eigenvalue weighted by molar-refractivity contribution is 5.29. The molecule has 1 aromatic carbocycles. The zero-order valence-electron chi connectivity index (χ0n) is 9.54. The summed E-state index contributed by atoms with van der Waals surface area (Å²) in [6.45, 7) is 0. The fourth-order valence-electron chi connectivity index (χ4n) is 1.18. The molecule has 0 saturated heterocycles. The van der Waals surface area contributed by atoms with E-state index in [4.69, 9.17) is 9.47 Å². The molecule has 2 aromatic rings. The highest BCUT2D eigenvalue weighted by Gasteiger charge is 2.07. The van der Waals surface area contributed by atoms with Gasteiger partial charge in [-0.2, -0.15) is 9.97 Å². The lowest BCUT2D eigenvalue weighted by atomic mass is 10.3. The molecule has 0 spiro atoms. The van der Waals surface area contributed by atoms with Crippen molar-refractivity contribution in [2.24, 2.45) is 0 Å². The van der Waals surface area contributed by atoms with Gasteiger partial charge < -0.3 is 14.8 Å². The van der Waals surface area contributed by atoms with Gasteiger partial charge in [0.1, 0.15) is 5.75 Å². The second-order valence-electron chi connectivity index (χ2n) is 3.09. The maximum absolute atomic E-state index is 5.48. The molecule has 0 fully saturated rings. The van der Waals surface area contributed by atoms with Gasteiger partial charge in [0.25, 0.3) is 0 Å². The van der Waals surface area contributed by atoms with E-state index in [1.807, 2.05) is 30.3 Å². The summed E-state index contributed by atoms with van der Waals surface area (Å²) in [6.07, 6.45) is 0. The predicted octanol–water partition coefficient (Wildman–Crippen LogP) is 1.71. The Morgan fingerprint density at radius 2 is 1.71 bits per heavy atom. The molecule has 1 aromatic heterocycles. The molecule has 88 valence electrons. The lowest BCUT2D eigenvalue weighted by molar-refractivity contribution is 0.360. The second-order valence-corrected chi connectivity index (χ2v) is 3.09. The first-order valence-electron chi connectivity index (χ1n) is 5.02. The Labute approximate surface area is 98.7 Å². The van der Waals surface area contributed by atoms with Gasteiger partial charge in [-0.3, -0.25) is 0 Å². The van der Waals surface area contributed by atoms with E-state index in [2.05, 4.69) is 20.3 Å². The number of hydrogen-bond donors (Lipinski definition) is 1. The van der Waals surface area contributed by atoms with Gasteiger partial charge in [0.05, 0.1) is 7.11 Å². The van der Waals surface area contributed by atoms with Gasteiger partial charge in [-0.05, 0) is 12.1 Å². The molecule has 17 heavy (non-hydrogen) atoms. The third-order valence-corrected chi connectivity index (χ3v) is 1.95. The molecule has 0 amide bonds. The SMILES string of the molecule is CNc1nc(OC)nc(Oc2ccccc2)n1. The van der Waals surface area contributed by atoms with Gasteiger partial charge in [0, 0.05) is 7.05 Å². The highest BCUT2D eigenvalue weighted by atomic mass is 16.5. The van der Waals surface area contributed by atoms with Crippen LogP contribution in [0.2, 0.25) is 0 Å². The molecule has 0 bridgehead atoms. The molecule has 0 aliphatic carbocycles. The Kier molecular flexibility index (Phi) is 3.34. The summed E-state index contributed by atoms with van der Waals surface area (Å²) in [7, 11) is 3.20.